The van der Waals surface area contributed by atoms with Gasteiger partial charge in [-0.2, -0.15) is 0 Å². The molecule has 4 nitrogen and oxygen atoms in total. The van der Waals surface area contributed by atoms with Crippen LogP contribution in [0.3, 0.4) is 0 Å². The Morgan fingerprint density at radius 2 is 1.85 bits per heavy atom. The van der Waals surface area contributed by atoms with Gasteiger partial charge in [-0.3, -0.25) is 4.79 Å². The molecule has 4 rings (SSSR count). The first-order valence-corrected chi connectivity index (χ1v) is 9.58. The quantitative estimate of drug-likeness (QED) is 0.652. The number of aryl methyl sites for hydroxylation is 1. The van der Waals surface area contributed by atoms with Gasteiger partial charge in [0.05, 0.1) is 6.61 Å². The van der Waals surface area contributed by atoms with Crippen LogP contribution in [0, 0.1) is 5.92 Å². The number of rotatable bonds is 8. The van der Waals surface area contributed by atoms with Gasteiger partial charge in [-0.25, -0.2) is 4.98 Å². The zero-order valence-corrected chi connectivity index (χ0v) is 15.4. The first-order chi connectivity index (χ1) is 13.3. The van der Waals surface area contributed by atoms with Gasteiger partial charge in [0.2, 0.25) is 11.8 Å². The fourth-order valence-electron chi connectivity index (χ4n) is 3.03. The molecular formula is C23H24N2O2. The van der Waals surface area contributed by atoms with Crippen LogP contribution in [0.15, 0.2) is 60.8 Å². The summed E-state index contributed by atoms with van der Waals surface area (Å²) in [5.74, 6) is 1.43. The molecule has 1 amide bonds. The van der Waals surface area contributed by atoms with Gasteiger partial charge in [0.15, 0.2) is 0 Å². The highest BCUT2D eigenvalue weighted by molar-refractivity contribution is 5.83. The normalized spacial score (nSPS) is 13.5. The lowest BCUT2D eigenvalue weighted by atomic mass is 10.0. The van der Waals surface area contributed by atoms with Gasteiger partial charge < -0.3 is 10.1 Å². The number of nitrogens with one attached hydrogen (secondary N) is 1. The Morgan fingerprint density at radius 1 is 1.04 bits per heavy atom. The average Bonchev–Trinajstić information content (AvgIpc) is 3.54. The summed E-state index contributed by atoms with van der Waals surface area (Å²) in [7, 11) is 0. The van der Waals surface area contributed by atoms with Gasteiger partial charge in [-0.05, 0) is 47.1 Å². The lowest BCUT2D eigenvalue weighted by Gasteiger charge is -2.08. The number of carbonyl (C=O) groups excluding carboxylic acids is 1. The Balaban J connectivity index is 1.22. The molecule has 1 aliphatic carbocycles. The number of carbonyl (C=O) groups is 1. The zero-order chi connectivity index (χ0) is 18.5. The molecule has 4 heteroatoms. The molecule has 1 saturated carbocycles. The maximum absolute atomic E-state index is 12.1. The van der Waals surface area contributed by atoms with Gasteiger partial charge in [0, 0.05) is 25.2 Å². The molecule has 0 spiro atoms. The molecule has 1 N–H and O–H groups in total. The number of hydrogen-bond acceptors (Lipinski definition) is 3. The molecule has 0 unspecified atom stereocenters. The molecular weight excluding hydrogens is 336 g/mol. The number of aromatic nitrogens is 1. The van der Waals surface area contributed by atoms with Gasteiger partial charge in [-0.1, -0.05) is 48.5 Å². The lowest BCUT2D eigenvalue weighted by Crippen LogP contribution is -2.23. The molecule has 1 aliphatic rings. The lowest BCUT2D eigenvalue weighted by molar-refractivity contribution is -0.121. The molecule has 0 radical (unpaired) electrons. The predicted octanol–water partition coefficient (Wildman–Crippen LogP) is 4.27. The van der Waals surface area contributed by atoms with Gasteiger partial charge in [0.25, 0.3) is 0 Å². The molecule has 3 aromatic rings. The van der Waals surface area contributed by atoms with Crippen molar-refractivity contribution < 1.29 is 9.53 Å². The van der Waals surface area contributed by atoms with E-state index in [0.717, 1.165) is 18.6 Å². The summed E-state index contributed by atoms with van der Waals surface area (Å²) < 4.78 is 5.63. The van der Waals surface area contributed by atoms with Crippen LogP contribution in [0.1, 0.15) is 30.4 Å². The molecule has 2 aromatic carbocycles. The van der Waals surface area contributed by atoms with Gasteiger partial charge in [0.1, 0.15) is 0 Å². The van der Waals surface area contributed by atoms with Crippen LogP contribution in [-0.2, 0) is 17.8 Å². The molecule has 1 fully saturated rings. The minimum atomic E-state index is 0.0530. The van der Waals surface area contributed by atoms with Crippen molar-refractivity contribution in [1.82, 2.24) is 10.3 Å². The molecule has 1 heterocycles. The first-order valence-electron chi connectivity index (χ1n) is 9.58. The van der Waals surface area contributed by atoms with E-state index in [4.69, 9.17) is 4.74 Å². The van der Waals surface area contributed by atoms with Crippen molar-refractivity contribution in [3.63, 3.8) is 0 Å². The van der Waals surface area contributed by atoms with Crippen LogP contribution >= 0.6 is 0 Å². The van der Waals surface area contributed by atoms with Crippen molar-refractivity contribution in [3.8, 4) is 5.88 Å². The number of benzene rings is 2. The Bertz CT molecular complexity index is 917. The zero-order valence-electron chi connectivity index (χ0n) is 15.4. The monoisotopic (exact) mass is 360 g/mol. The van der Waals surface area contributed by atoms with Crippen LogP contribution in [0.4, 0.5) is 0 Å². The van der Waals surface area contributed by atoms with E-state index in [1.54, 1.807) is 6.20 Å². The minimum Gasteiger partial charge on any atom is -0.477 e. The van der Waals surface area contributed by atoms with E-state index in [1.807, 2.05) is 24.3 Å². The minimum absolute atomic E-state index is 0.0530. The van der Waals surface area contributed by atoms with E-state index in [0.29, 0.717) is 24.8 Å². The highest BCUT2D eigenvalue weighted by Gasteiger charge is 2.22. The van der Waals surface area contributed by atoms with Gasteiger partial charge in [-0.15, -0.1) is 0 Å². The summed E-state index contributed by atoms with van der Waals surface area (Å²) in [6.45, 7) is 1.25. The fourth-order valence-corrected chi connectivity index (χ4v) is 3.03. The summed E-state index contributed by atoms with van der Waals surface area (Å²) in [6, 6.07) is 18.5. The molecule has 27 heavy (non-hydrogen) atoms. The highest BCUT2D eigenvalue weighted by Crippen LogP contribution is 2.29. The van der Waals surface area contributed by atoms with E-state index in [2.05, 4.69) is 40.6 Å². The number of fused-ring (bicyclic) bond motifs is 1. The SMILES string of the molecule is O=C(CCc1ccc2ccccc2c1)NCc1ccc(OCC2CC2)nc1. The fraction of sp³-hybridized carbons (Fsp3) is 0.304. The van der Waals surface area contributed by atoms with Crippen LogP contribution in [0.25, 0.3) is 10.8 Å². The third-order valence-corrected chi connectivity index (χ3v) is 4.91. The molecule has 0 aliphatic heterocycles. The van der Waals surface area contributed by atoms with Crippen molar-refractivity contribution in [1.29, 1.82) is 0 Å². The Labute approximate surface area is 159 Å². The Morgan fingerprint density at radius 3 is 2.63 bits per heavy atom. The van der Waals surface area contributed by atoms with E-state index in [9.17, 15) is 4.79 Å². The molecule has 0 atom stereocenters. The summed E-state index contributed by atoms with van der Waals surface area (Å²) in [4.78, 5) is 16.5. The summed E-state index contributed by atoms with van der Waals surface area (Å²) in [5, 5.41) is 5.40. The molecule has 138 valence electrons. The first kappa shape index (κ1) is 17.5. The molecule has 0 bridgehead atoms. The van der Waals surface area contributed by atoms with E-state index >= 15 is 0 Å². The standard InChI is InChI=1S/C23H24N2O2/c26-22(11-8-17-7-10-20-3-1-2-4-21(20)13-17)24-14-19-9-12-23(25-15-19)27-16-18-5-6-18/h1-4,7,9-10,12-13,15,18H,5-6,8,11,14,16H2,(H,24,26). The molecule has 1 aromatic heterocycles. The van der Waals surface area contributed by atoms with E-state index in [1.165, 1.54) is 29.2 Å². The van der Waals surface area contributed by atoms with Crippen molar-refractivity contribution in [2.24, 2.45) is 5.92 Å². The van der Waals surface area contributed by atoms with E-state index < -0.39 is 0 Å². The summed E-state index contributed by atoms with van der Waals surface area (Å²) in [5.41, 5.74) is 2.16. The second-order valence-electron chi connectivity index (χ2n) is 7.22. The smallest absolute Gasteiger partial charge is 0.220 e. The maximum Gasteiger partial charge on any atom is 0.220 e. The second-order valence-corrected chi connectivity index (χ2v) is 7.22. The molecule has 0 saturated heterocycles. The third-order valence-electron chi connectivity index (χ3n) is 4.91. The second kappa shape index (κ2) is 8.21. The van der Waals surface area contributed by atoms with Gasteiger partial charge >= 0.3 is 0 Å². The van der Waals surface area contributed by atoms with Crippen molar-refractivity contribution in [2.75, 3.05) is 6.61 Å². The maximum atomic E-state index is 12.1. The number of ether oxygens (including phenoxy) is 1. The summed E-state index contributed by atoms with van der Waals surface area (Å²) in [6.07, 6.45) is 5.52. The number of amides is 1. The number of hydrogen-bond donors (Lipinski definition) is 1. The van der Waals surface area contributed by atoms with Crippen LogP contribution < -0.4 is 10.1 Å². The highest BCUT2D eigenvalue weighted by atomic mass is 16.5. The Kier molecular flexibility index (Phi) is 5.33. The van der Waals surface area contributed by atoms with E-state index in [-0.39, 0.29) is 5.91 Å². The van der Waals surface area contributed by atoms with Crippen molar-refractivity contribution in [2.45, 2.75) is 32.2 Å². The predicted molar refractivity (Wildman–Crippen MR) is 107 cm³/mol. The van der Waals surface area contributed by atoms with Crippen LogP contribution in [0.2, 0.25) is 0 Å². The number of nitrogens with zero attached hydrogens (tertiary/aromatic N) is 1. The van der Waals surface area contributed by atoms with Crippen LogP contribution in [0.5, 0.6) is 5.88 Å². The average molecular weight is 360 g/mol. The largest absolute Gasteiger partial charge is 0.477 e. The third kappa shape index (κ3) is 5.07. The van der Waals surface area contributed by atoms with Crippen molar-refractivity contribution in [3.05, 3.63) is 71.9 Å². The van der Waals surface area contributed by atoms with Crippen LogP contribution in [-0.4, -0.2) is 17.5 Å². The topological polar surface area (TPSA) is 51.2 Å². The Hall–Kier alpha value is -2.88. The number of pyridine rings is 1. The summed E-state index contributed by atoms with van der Waals surface area (Å²) >= 11 is 0. The van der Waals surface area contributed by atoms with Crippen molar-refractivity contribution >= 4 is 16.7 Å².